The van der Waals surface area contributed by atoms with Gasteiger partial charge in [-0.05, 0) is 24.3 Å². The summed E-state index contributed by atoms with van der Waals surface area (Å²) in [6.45, 7) is 0. The molecule has 9 heteroatoms. The van der Waals surface area contributed by atoms with E-state index in [-0.39, 0.29) is 11.4 Å². The van der Waals surface area contributed by atoms with Crippen LogP contribution in [0.15, 0.2) is 52.5 Å². The third-order valence-electron chi connectivity index (χ3n) is 3.01. The van der Waals surface area contributed by atoms with Gasteiger partial charge in [0.15, 0.2) is 5.75 Å². The molecule has 3 rings (SSSR count). The standard InChI is InChI=1S/C14H11N5O4/c1-22-14-4-2-10(6-12(14)19(20)21)13-5-3-11(23-13)7-17-18-8-15-16-9-18/h2-9H,1H3/b17-7+. The summed E-state index contributed by atoms with van der Waals surface area (Å²) in [6, 6.07) is 8.03. The SMILES string of the molecule is COc1ccc(-c2ccc(/C=N/n3cnnc3)o2)cc1[N+](=O)[O-]. The molecule has 0 aliphatic carbocycles. The van der Waals surface area contributed by atoms with Crippen LogP contribution in [0.1, 0.15) is 5.76 Å². The molecule has 0 aliphatic rings. The van der Waals surface area contributed by atoms with Crippen LogP contribution in [-0.2, 0) is 0 Å². The zero-order valence-electron chi connectivity index (χ0n) is 12.0. The number of rotatable bonds is 5. The minimum absolute atomic E-state index is 0.124. The maximum absolute atomic E-state index is 11.1. The van der Waals surface area contributed by atoms with E-state index in [9.17, 15) is 10.1 Å². The van der Waals surface area contributed by atoms with Gasteiger partial charge in [0.1, 0.15) is 24.2 Å². The molecule has 0 atom stereocenters. The van der Waals surface area contributed by atoms with Crippen LogP contribution in [-0.4, -0.2) is 33.1 Å². The molecule has 2 aromatic heterocycles. The molecule has 0 saturated heterocycles. The van der Waals surface area contributed by atoms with E-state index in [1.165, 1.54) is 42.8 Å². The molecule has 9 nitrogen and oxygen atoms in total. The highest BCUT2D eigenvalue weighted by atomic mass is 16.6. The first kappa shape index (κ1) is 14.4. The maximum atomic E-state index is 11.1. The number of hydrogen-bond acceptors (Lipinski definition) is 7. The van der Waals surface area contributed by atoms with Crippen LogP contribution in [0.5, 0.6) is 5.75 Å². The third kappa shape index (κ3) is 3.07. The molecule has 0 radical (unpaired) electrons. The molecular weight excluding hydrogens is 302 g/mol. The Morgan fingerprint density at radius 3 is 2.78 bits per heavy atom. The largest absolute Gasteiger partial charge is 0.490 e. The third-order valence-corrected chi connectivity index (χ3v) is 3.01. The fraction of sp³-hybridized carbons (Fsp3) is 0.0714. The summed E-state index contributed by atoms with van der Waals surface area (Å²) in [5.74, 6) is 1.17. The van der Waals surface area contributed by atoms with E-state index in [1.807, 2.05) is 0 Å². The number of methoxy groups -OCH3 is 1. The molecule has 0 saturated carbocycles. The lowest BCUT2D eigenvalue weighted by atomic mass is 10.1. The van der Waals surface area contributed by atoms with Crippen LogP contribution in [0, 0.1) is 10.1 Å². The van der Waals surface area contributed by atoms with E-state index in [1.54, 1.807) is 18.2 Å². The summed E-state index contributed by atoms with van der Waals surface area (Å²) < 4.78 is 12.0. The zero-order valence-corrected chi connectivity index (χ0v) is 12.0. The summed E-state index contributed by atoms with van der Waals surface area (Å²) in [6.07, 6.45) is 4.37. The van der Waals surface area contributed by atoms with E-state index in [0.717, 1.165) is 0 Å². The van der Waals surface area contributed by atoms with E-state index in [4.69, 9.17) is 9.15 Å². The van der Waals surface area contributed by atoms with Gasteiger partial charge in [0.05, 0.1) is 18.2 Å². The van der Waals surface area contributed by atoms with Gasteiger partial charge in [-0.3, -0.25) is 10.1 Å². The summed E-state index contributed by atoms with van der Waals surface area (Å²) in [7, 11) is 1.38. The highest BCUT2D eigenvalue weighted by Gasteiger charge is 2.17. The molecule has 0 N–H and O–H groups in total. The van der Waals surface area contributed by atoms with Crippen molar-refractivity contribution in [2.24, 2.45) is 5.10 Å². The summed E-state index contributed by atoms with van der Waals surface area (Å²) >= 11 is 0. The summed E-state index contributed by atoms with van der Waals surface area (Å²) in [4.78, 5) is 10.6. The number of ether oxygens (including phenoxy) is 1. The minimum Gasteiger partial charge on any atom is -0.490 e. The Morgan fingerprint density at radius 1 is 1.30 bits per heavy atom. The number of hydrogen-bond donors (Lipinski definition) is 0. The quantitative estimate of drug-likeness (QED) is 0.406. The first-order valence-corrected chi connectivity index (χ1v) is 6.49. The van der Waals surface area contributed by atoms with Gasteiger partial charge in [-0.2, -0.15) is 5.10 Å². The van der Waals surface area contributed by atoms with Gasteiger partial charge in [-0.25, -0.2) is 4.68 Å². The second-order valence-electron chi connectivity index (χ2n) is 4.43. The van der Waals surface area contributed by atoms with Crippen molar-refractivity contribution < 1.29 is 14.1 Å². The number of furan rings is 1. The molecule has 0 amide bonds. The monoisotopic (exact) mass is 313 g/mol. The van der Waals surface area contributed by atoms with Crippen LogP contribution in [0.4, 0.5) is 5.69 Å². The fourth-order valence-electron chi connectivity index (χ4n) is 1.94. The summed E-state index contributed by atoms with van der Waals surface area (Å²) in [5.41, 5.74) is 0.447. The Kier molecular flexibility index (Phi) is 3.83. The molecule has 1 aromatic carbocycles. The normalized spacial score (nSPS) is 11.0. The van der Waals surface area contributed by atoms with Crippen molar-refractivity contribution >= 4 is 11.9 Å². The highest BCUT2D eigenvalue weighted by molar-refractivity contribution is 5.77. The van der Waals surface area contributed by atoms with Crippen molar-refractivity contribution in [3.8, 4) is 17.1 Å². The number of aromatic nitrogens is 3. The van der Waals surface area contributed by atoms with Gasteiger partial charge in [0, 0.05) is 11.6 Å². The lowest BCUT2D eigenvalue weighted by Crippen LogP contribution is -1.93. The average Bonchev–Trinajstić information content (AvgIpc) is 3.23. The molecule has 0 bridgehead atoms. The lowest BCUT2D eigenvalue weighted by molar-refractivity contribution is -0.385. The smallest absolute Gasteiger partial charge is 0.311 e. The van der Waals surface area contributed by atoms with Crippen LogP contribution in [0.3, 0.4) is 0 Å². The van der Waals surface area contributed by atoms with Crippen molar-refractivity contribution in [3.05, 3.63) is 58.9 Å². The number of nitrogens with zero attached hydrogens (tertiary/aromatic N) is 5. The Hall–Kier alpha value is -3.49. The van der Waals surface area contributed by atoms with Gasteiger partial charge >= 0.3 is 5.69 Å². The topological polar surface area (TPSA) is 109 Å². The van der Waals surface area contributed by atoms with E-state index in [0.29, 0.717) is 17.1 Å². The van der Waals surface area contributed by atoms with Crippen molar-refractivity contribution in [1.29, 1.82) is 0 Å². The molecule has 0 spiro atoms. The van der Waals surface area contributed by atoms with Crippen molar-refractivity contribution in [2.75, 3.05) is 7.11 Å². The number of nitro benzene ring substituents is 1. The molecule has 2 heterocycles. The Bertz CT molecular complexity index is 854. The van der Waals surface area contributed by atoms with Crippen LogP contribution in [0.2, 0.25) is 0 Å². The second-order valence-corrected chi connectivity index (χ2v) is 4.43. The predicted molar refractivity (Wildman–Crippen MR) is 80.4 cm³/mol. The van der Waals surface area contributed by atoms with E-state index >= 15 is 0 Å². The predicted octanol–water partition coefficient (Wildman–Crippen LogP) is 2.34. The number of nitro groups is 1. The molecule has 0 aliphatic heterocycles. The van der Waals surface area contributed by atoms with Crippen LogP contribution >= 0.6 is 0 Å². The first-order chi connectivity index (χ1) is 11.2. The molecule has 116 valence electrons. The van der Waals surface area contributed by atoms with Gasteiger partial charge in [0.25, 0.3) is 0 Å². The van der Waals surface area contributed by atoms with Crippen LogP contribution in [0.25, 0.3) is 11.3 Å². The van der Waals surface area contributed by atoms with Crippen molar-refractivity contribution in [3.63, 3.8) is 0 Å². The molecular formula is C14H11N5O4. The first-order valence-electron chi connectivity index (χ1n) is 6.49. The van der Waals surface area contributed by atoms with Crippen LogP contribution < -0.4 is 4.74 Å². The Morgan fingerprint density at radius 2 is 2.09 bits per heavy atom. The summed E-state index contributed by atoms with van der Waals surface area (Å²) in [5, 5.41) is 22.4. The highest BCUT2D eigenvalue weighted by Crippen LogP contribution is 2.32. The van der Waals surface area contributed by atoms with Gasteiger partial charge in [-0.1, -0.05) is 0 Å². The van der Waals surface area contributed by atoms with E-state index < -0.39 is 4.92 Å². The Labute approximate surface area is 130 Å². The Balaban J connectivity index is 1.88. The van der Waals surface area contributed by atoms with Gasteiger partial charge in [-0.15, -0.1) is 10.2 Å². The number of benzene rings is 1. The lowest BCUT2D eigenvalue weighted by Gasteiger charge is -2.03. The fourth-order valence-corrected chi connectivity index (χ4v) is 1.94. The van der Waals surface area contributed by atoms with Gasteiger partial charge < -0.3 is 9.15 Å². The molecule has 0 unspecified atom stereocenters. The van der Waals surface area contributed by atoms with Gasteiger partial charge in [0.2, 0.25) is 0 Å². The maximum Gasteiger partial charge on any atom is 0.311 e. The van der Waals surface area contributed by atoms with Crippen molar-refractivity contribution in [2.45, 2.75) is 0 Å². The average molecular weight is 313 g/mol. The molecule has 3 aromatic rings. The second kappa shape index (κ2) is 6.10. The minimum atomic E-state index is -0.500. The molecule has 0 fully saturated rings. The van der Waals surface area contributed by atoms with E-state index in [2.05, 4.69) is 15.3 Å². The zero-order chi connectivity index (χ0) is 16.2. The van der Waals surface area contributed by atoms with Crippen molar-refractivity contribution in [1.82, 2.24) is 14.9 Å². The molecule has 23 heavy (non-hydrogen) atoms.